The molecule has 2 aliphatic rings. The van der Waals surface area contributed by atoms with E-state index in [0.29, 0.717) is 17.6 Å². The molecule has 1 saturated heterocycles. The van der Waals surface area contributed by atoms with Gasteiger partial charge in [0.15, 0.2) is 5.78 Å². The predicted octanol–water partition coefficient (Wildman–Crippen LogP) is 4.91. The number of hydrogen-bond donors (Lipinski definition) is 0. The van der Waals surface area contributed by atoms with Crippen LogP contribution in [0, 0.1) is 12.3 Å². The second-order valence-electron chi connectivity index (χ2n) is 9.16. The summed E-state index contributed by atoms with van der Waals surface area (Å²) >= 11 is 0. The number of aryl methyl sites for hydroxylation is 1. The van der Waals surface area contributed by atoms with E-state index >= 15 is 0 Å². The Balaban J connectivity index is 1.46. The molecular weight excluding hydrogens is 320 g/mol. The highest BCUT2D eigenvalue weighted by molar-refractivity contribution is 5.90. The van der Waals surface area contributed by atoms with Crippen LogP contribution < -0.4 is 0 Å². The highest BCUT2D eigenvalue weighted by atomic mass is 16.1. The summed E-state index contributed by atoms with van der Waals surface area (Å²) in [6.07, 6.45) is 9.23. The molecule has 2 heterocycles. The first kappa shape index (κ1) is 17.8. The third-order valence-electron chi connectivity index (χ3n) is 6.79. The van der Waals surface area contributed by atoms with Crippen molar-refractivity contribution in [2.24, 2.45) is 5.41 Å². The number of benzene rings is 1. The van der Waals surface area contributed by atoms with Gasteiger partial charge in [0.05, 0.1) is 5.54 Å². The summed E-state index contributed by atoms with van der Waals surface area (Å²) < 4.78 is 2.19. The van der Waals surface area contributed by atoms with Crippen molar-refractivity contribution < 1.29 is 4.79 Å². The van der Waals surface area contributed by atoms with Gasteiger partial charge in [0, 0.05) is 30.1 Å². The lowest BCUT2D eigenvalue weighted by Crippen LogP contribution is -2.36. The topological polar surface area (TPSA) is 25.2 Å². The molecular formula is C23H32N2O. The van der Waals surface area contributed by atoms with Gasteiger partial charge in [0.1, 0.15) is 0 Å². The van der Waals surface area contributed by atoms with Gasteiger partial charge in [-0.15, -0.1) is 0 Å². The predicted molar refractivity (Wildman–Crippen MR) is 108 cm³/mol. The van der Waals surface area contributed by atoms with E-state index in [1.165, 1.54) is 61.8 Å². The maximum atomic E-state index is 13.2. The molecule has 0 atom stereocenters. The van der Waals surface area contributed by atoms with Crippen LogP contribution in [0.25, 0.3) is 10.9 Å². The molecule has 3 heteroatoms. The molecule has 1 aliphatic heterocycles. The summed E-state index contributed by atoms with van der Waals surface area (Å²) in [5, 5.41) is 1.25. The van der Waals surface area contributed by atoms with E-state index in [0.717, 1.165) is 6.42 Å². The van der Waals surface area contributed by atoms with Gasteiger partial charge in [0.25, 0.3) is 0 Å². The van der Waals surface area contributed by atoms with E-state index in [-0.39, 0.29) is 0 Å². The maximum Gasteiger partial charge on any atom is 0.158 e. The Kier molecular flexibility index (Phi) is 4.46. The number of likely N-dealkylation sites (tertiary alicyclic amines) is 1. The zero-order chi connectivity index (χ0) is 18.4. The first-order valence-electron chi connectivity index (χ1n) is 10.2. The van der Waals surface area contributed by atoms with Crippen molar-refractivity contribution in [1.82, 2.24) is 9.47 Å². The highest BCUT2D eigenvalue weighted by Crippen LogP contribution is 2.51. The first-order valence-corrected chi connectivity index (χ1v) is 10.2. The monoisotopic (exact) mass is 352 g/mol. The van der Waals surface area contributed by atoms with E-state index in [1.807, 2.05) is 0 Å². The minimum atomic E-state index is -0.489. The third kappa shape index (κ3) is 3.22. The Morgan fingerprint density at radius 3 is 2.54 bits per heavy atom. The van der Waals surface area contributed by atoms with Crippen molar-refractivity contribution in [2.75, 3.05) is 19.6 Å². The Labute approximate surface area is 157 Å². The number of nitrogens with zero attached hydrogens (tertiary/aromatic N) is 2. The van der Waals surface area contributed by atoms with Gasteiger partial charge in [-0.3, -0.25) is 4.79 Å². The smallest absolute Gasteiger partial charge is 0.158 e. The normalized spacial score (nSPS) is 20.0. The molecule has 0 unspecified atom stereocenters. The molecule has 140 valence electrons. The molecule has 1 saturated carbocycles. The molecule has 1 aliphatic carbocycles. The Morgan fingerprint density at radius 2 is 1.85 bits per heavy atom. The van der Waals surface area contributed by atoms with E-state index in [1.54, 1.807) is 0 Å². The fourth-order valence-corrected chi connectivity index (χ4v) is 4.71. The Morgan fingerprint density at radius 1 is 1.15 bits per heavy atom. The SMILES string of the molecule is Cc1cn(C(C)(C)C(=O)CCC2(CN3CCCC3)CC2)c2ccccc12. The number of para-hydroxylation sites is 1. The number of rotatable bonds is 7. The zero-order valence-electron chi connectivity index (χ0n) is 16.6. The number of carbonyl (C=O) groups is 1. The maximum absolute atomic E-state index is 13.2. The van der Waals surface area contributed by atoms with Crippen molar-refractivity contribution in [3.05, 3.63) is 36.0 Å². The number of Topliss-reactive ketones (excluding diaryl/α,β-unsaturated/α-hetero) is 1. The van der Waals surface area contributed by atoms with Crippen molar-refractivity contribution in [3.8, 4) is 0 Å². The lowest BCUT2D eigenvalue weighted by molar-refractivity contribution is -0.126. The van der Waals surface area contributed by atoms with Gasteiger partial charge < -0.3 is 9.47 Å². The largest absolute Gasteiger partial charge is 0.335 e. The van der Waals surface area contributed by atoms with E-state index in [9.17, 15) is 4.79 Å². The van der Waals surface area contributed by atoms with Crippen molar-refractivity contribution in [2.45, 2.75) is 64.8 Å². The average molecular weight is 353 g/mol. The molecule has 0 bridgehead atoms. The molecule has 26 heavy (non-hydrogen) atoms. The molecule has 0 spiro atoms. The minimum absolute atomic E-state index is 0.367. The van der Waals surface area contributed by atoms with E-state index in [2.05, 4.69) is 60.7 Å². The number of aromatic nitrogens is 1. The van der Waals surface area contributed by atoms with Crippen molar-refractivity contribution in [1.29, 1.82) is 0 Å². The van der Waals surface area contributed by atoms with Crippen LogP contribution in [0.3, 0.4) is 0 Å². The molecule has 3 nitrogen and oxygen atoms in total. The van der Waals surface area contributed by atoms with Crippen molar-refractivity contribution >= 4 is 16.7 Å². The Hall–Kier alpha value is -1.61. The van der Waals surface area contributed by atoms with Crippen LogP contribution in [0.5, 0.6) is 0 Å². The lowest BCUT2D eigenvalue weighted by atomic mass is 9.90. The number of ketones is 1. The van der Waals surface area contributed by atoms with Crippen LogP contribution in [0.1, 0.15) is 57.9 Å². The van der Waals surface area contributed by atoms with Crippen molar-refractivity contribution in [3.63, 3.8) is 0 Å². The molecule has 4 rings (SSSR count). The van der Waals surface area contributed by atoms with Crippen LogP contribution in [0.15, 0.2) is 30.5 Å². The third-order valence-corrected chi connectivity index (χ3v) is 6.79. The van der Waals surface area contributed by atoms with E-state index < -0.39 is 5.54 Å². The van der Waals surface area contributed by atoms with Gasteiger partial charge in [-0.2, -0.15) is 0 Å². The fourth-order valence-electron chi connectivity index (χ4n) is 4.71. The van der Waals surface area contributed by atoms with Crippen LogP contribution in [-0.4, -0.2) is 34.9 Å². The van der Waals surface area contributed by atoms with Crippen LogP contribution >= 0.6 is 0 Å². The summed E-state index contributed by atoms with van der Waals surface area (Å²) in [4.78, 5) is 15.8. The summed E-state index contributed by atoms with van der Waals surface area (Å²) in [6.45, 7) is 10.0. The van der Waals surface area contributed by atoms with Gasteiger partial charge in [0.2, 0.25) is 0 Å². The number of fused-ring (bicyclic) bond motifs is 1. The van der Waals surface area contributed by atoms with Crippen LogP contribution in [0.4, 0.5) is 0 Å². The van der Waals surface area contributed by atoms with Crippen LogP contribution in [-0.2, 0) is 10.3 Å². The molecule has 2 aromatic rings. The average Bonchev–Trinajstić information content (AvgIpc) is 3.03. The lowest BCUT2D eigenvalue weighted by Gasteiger charge is -2.28. The second-order valence-corrected chi connectivity index (χ2v) is 9.16. The summed E-state index contributed by atoms with van der Waals surface area (Å²) in [6, 6.07) is 8.42. The van der Waals surface area contributed by atoms with Gasteiger partial charge >= 0.3 is 0 Å². The molecule has 2 fully saturated rings. The summed E-state index contributed by atoms with van der Waals surface area (Å²) in [7, 11) is 0. The number of carbonyl (C=O) groups excluding carboxylic acids is 1. The fraction of sp³-hybridized carbons (Fsp3) is 0.609. The van der Waals surface area contributed by atoms with E-state index in [4.69, 9.17) is 0 Å². The minimum Gasteiger partial charge on any atom is -0.335 e. The van der Waals surface area contributed by atoms with Gasteiger partial charge in [-0.1, -0.05) is 18.2 Å². The molecule has 0 amide bonds. The standard InChI is InChI=1S/C23H32N2O/c1-18-16-25(20-9-5-4-8-19(18)20)22(2,3)21(26)10-11-23(12-13-23)17-24-14-6-7-15-24/h4-5,8-9,16H,6-7,10-15,17H2,1-3H3. The molecule has 1 aromatic carbocycles. The summed E-state index contributed by atoms with van der Waals surface area (Å²) in [5.74, 6) is 0.367. The summed E-state index contributed by atoms with van der Waals surface area (Å²) in [5.41, 5.74) is 2.36. The second kappa shape index (κ2) is 6.53. The quantitative estimate of drug-likeness (QED) is 0.707. The first-order chi connectivity index (χ1) is 12.4. The number of hydrogen-bond acceptors (Lipinski definition) is 2. The molecule has 1 aromatic heterocycles. The van der Waals surface area contributed by atoms with Gasteiger partial charge in [-0.25, -0.2) is 0 Å². The van der Waals surface area contributed by atoms with Crippen LogP contribution in [0.2, 0.25) is 0 Å². The highest BCUT2D eigenvalue weighted by Gasteiger charge is 2.45. The molecule has 0 radical (unpaired) electrons. The molecule has 0 N–H and O–H groups in total. The van der Waals surface area contributed by atoms with Gasteiger partial charge in [-0.05, 0) is 83.0 Å². The Bertz CT molecular complexity index is 807. The zero-order valence-corrected chi connectivity index (χ0v) is 16.6.